The van der Waals surface area contributed by atoms with Gasteiger partial charge in [-0.05, 0) is 13.0 Å². The molecule has 33 heavy (non-hydrogen) atoms. The van der Waals surface area contributed by atoms with Crippen LogP contribution in [0.2, 0.25) is 0 Å². The van der Waals surface area contributed by atoms with Gasteiger partial charge in [0.1, 0.15) is 12.1 Å². The lowest BCUT2D eigenvalue weighted by Gasteiger charge is -2.13. The molecule has 2 aromatic carbocycles. The zero-order valence-electron chi connectivity index (χ0n) is 18.1. The first-order valence-corrected chi connectivity index (χ1v) is 10.4. The van der Waals surface area contributed by atoms with Crippen LogP contribution >= 0.6 is 0 Å². The molecule has 0 aliphatic rings. The van der Waals surface area contributed by atoms with Gasteiger partial charge in [-0.3, -0.25) is 14.6 Å². The SMILES string of the molecule is CCn1cc(C(=O)Nc2cc3c(-c4cn[nH]c4-c4ccccc4)ncnc3cc2OC)cn1. The quantitative estimate of drug-likeness (QED) is 0.411. The standard InChI is InChI=1S/C24H21N7O2/c1-3-31-13-16(11-28-31)24(32)29-20-9-17-19(10-21(20)33-2)25-14-26-23(17)18-12-27-30-22(18)15-7-5-4-6-8-15/h4-14H,3H2,1-2H3,(H,27,30)(H,29,32). The maximum atomic E-state index is 12.8. The number of methoxy groups -OCH3 is 1. The Bertz CT molecular complexity index is 1440. The van der Waals surface area contributed by atoms with Gasteiger partial charge in [0.15, 0.2) is 0 Å². The zero-order valence-corrected chi connectivity index (χ0v) is 18.1. The van der Waals surface area contributed by atoms with E-state index in [4.69, 9.17) is 4.74 Å². The molecule has 164 valence electrons. The number of anilines is 1. The third-order valence-corrected chi connectivity index (χ3v) is 5.38. The molecule has 0 saturated carbocycles. The van der Waals surface area contributed by atoms with E-state index in [1.165, 1.54) is 6.33 Å². The van der Waals surface area contributed by atoms with Crippen LogP contribution < -0.4 is 10.1 Å². The Hall–Kier alpha value is -4.53. The number of H-pyrrole nitrogens is 1. The van der Waals surface area contributed by atoms with Gasteiger partial charge in [-0.2, -0.15) is 10.2 Å². The molecule has 5 rings (SSSR count). The third-order valence-electron chi connectivity index (χ3n) is 5.38. The molecular formula is C24H21N7O2. The number of nitrogens with zero attached hydrogens (tertiary/aromatic N) is 5. The number of ether oxygens (including phenoxy) is 1. The highest BCUT2D eigenvalue weighted by Gasteiger charge is 2.18. The lowest BCUT2D eigenvalue weighted by atomic mass is 10.0. The largest absolute Gasteiger partial charge is 0.494 e. The van der Waals surface area contributed by atoms with Gasteiger partial charge in [-0.1, -0.05) is 30.3 Å². The summed E-state index contributed by atoms with van der Waals surface area (Å²) in [5, 5.41) is 15.2. The van der Waals surface area contributed by atoms with Crippen molar-refractivity contribution in [1.29, 1.82) is 0 Å². The number of aromatic amines is 1. The van der Waals surface area contributed by atoms with E-state index in [9.17, 15) is 4.79 Å². The minimum Gasteiger partial charge on any atom is -0.494 e. The van der Waals surface area contributed by atoms with Crippen LogP contribution in [-0.4, -0.2) is 43.0 Å². The summed E-state index contributed by atoms with van der Waals surface area (Å²) >= 11 is 0. The number of fused-ring (bicyclic) bond motifs is 1. The number of carbonyl (C=O) groups is 1. The van der Waals surface area contributed by atoms with Gasteiger partial charge in [0.05, 0.1) is 47.7 Å². The van der Waals surface area contributed by atoms with Crippen molar-refractivity contribution in [2.75, 3.05) is 12.4 Å². The Labute approximate surface area is 189 Å². The summed E-state index contributed by atoms with van der Waals surface area (Å²) in [6, 6.07) is 13.5. The molecule has 0 unspecified atom stereocenters. The number of carbonyl (C=O) groups excluding carboxylic acids is 1. The first kappa shape index (κ1) is 20.4. The molecule has 2 N–H and O–H groups in total. The second-order valence-corrected chi connectivity index (χ2v) is 7.36. The average molecular weight is 439 g/mol. The number of rotatable bonds is 6. The zero-order chi connectivity index (χ0) is 22.8. The van der Waals surface area contributed by atoms with Crippen molar-refractivity contribution in [2.45, 2.75) is 13.5 Å². The molecule has 0 aliphatic carbocycles. The van der Waals surface area contributed by atoms with E-state index >= 15 is 0 Å². The highest BCUT2D eigenvalue weighted by molar-refractivity contribution is 6.07. The Kier molecular flexibility index (Phi) is 5.27. The molecule has 9 heteroatoms. The average Bonchev–Trinajstić information content (AvgIpc) is 3.54. The van der Waals surface area contributed by atoms with Gasteiger partial charge in [0.25, 0.3) is 5.91 Å². The maximum absolute atomic E-state index is 12.8. The number of aromatic nitrogens is 6. The molecule has 0 saturated heterocycles. The van der Waals surface area contributed by atoms with Crippen LogP contribution in [0.5, 0.6) is 5.75 Å². The highest BCUT2D eigenvalue weighted by Crippen LogP contribution is 2.37. The molecule has 0 bridgehead atoms. The topological polar surface area (TPSA) is 111 Å². The van der Waals surface area contributed by atoms with Crippen molar-refractivity contribution >= 4 is 22.5 Å². The summed E-state index contributed by atoms with van der Waals surface area (Å²) in [5.74, 6) is 0.220. The van der Waals surface area contributed by atoms with Gasteiger partial charge in [0, 0.05) is 35.3 Å². The van der Waals surface area contributed by atoms with Crippen LogP contribution in [0.4, 0.5) is 5.69 Å². The number of hydrogen-bond donors (Lipinski definition) is 2. The van der Waals surface area contributed by atoms with Crippen molar-refractivity contribution in [3.8, 4) is 28.3 Å². The van der Waals surface area contributed by atoms with E-state index < -0.39 is 0 Å². The minimum atomic E-state index is -0.279. The Balaban J connectivity index is 1.60. The Morgan fingerprint density at radius 3 is 2.76 bits per heavy atom. The fraction of sp³-hybridized carbons (Fsp3) is 0.125. The highest BCUT2D eigenvalue weighted by atomic mass is 16.5. The van der Waals surface area contributed by atoms with Crippen molar-refractivity contribution < 1.29 is 9.53 Å². The van der Waals surface area contributed by atoms with Crippen molar-refractivity contribution in [1.82, 2.24) is 29.9 Å². The van der Waals surface area contributed by atoms with Crippen molar-refractivity contribution in [2.24, 2.45) is 0 Å². The fourth-order valence-electron chi connectivity index (χ4n) is 3.70. The van der Waals surface area contributed by atoms with Crippen LogP contribution in [0, 0.1) is 0 Å². The monoisotopic (exact) mass is 439 g/mol. The second-order valence-electron chi connectivity index (χ2n) is 7.36. The molecule has 0 aliphatic heterocycles. The molecule has 0 radical (unpaired) electrons. The predicted molar refractivity (Wildman–Crippen MR) is 125 cm³/mol. The van der Waals surface area contributed by atoms with Gasteiger partial charge < -0.3 is 10.1 Å². The summed E-state index contributed by atoms with van der Waals surface area (Å²) in [7, 11) is 1.55. The second kappa shape index (κ2) is 8.54. The number of benzene rings is 2. The molecule has 1 amide bonds. The third kappa shape index (κ3) is 3.80. The summed E-state index contributed by atoms with van der Waals surface area (Å²) in [5.41, 5.74) is 5.04. The summed E-state index contributed by atoms with van der Waals surface area (Å²) in [4.78, 5) is 21.8. The predicted octanol–water partition coefficient (Wildman–Crippen LogP) is 4.16. The van der Waals surface area contributed by atoms with Crippen LogP contribution in [0.1, 0.15) is 17.3 Å². The van der Waals surface area contributed by atoms with E-state index in [2.05, 4.69) is 30.6 Å². The van der Waals surface area contributed by atoms with Crippen LogP contribution in [0.3, 0.4) is 0 Å². The van der Waals surface area contributed by atoms with E-state index in [0.717, 1.165) is 22.2 Å². The molecule has 3 heterocycles. The van der Waals surface area contributed by atoms with E-state index in [0.29, 0.717) is 34.8 Å². The lowest BCUT2D eigenvalue weighted by molar-refractivity contribution is 0.102. The number of hydrogen-bond acceptors (Lipinski definition) is 6. The Morgan fingerprint density at radius 1 is 1.15 bits per heavy atom. The number of amides is 1. The first-order chi connectivity index (χ1) is 16.2. The molecular weight excluding hydrogens is 418 g/mol. The number of aryl methyl sites for hydroxylation is 1. The molecule has 9 nitrogen and oxygen atoms in total. The van der Waals surface area contributed by atoms with Crippen LogP contribution in [-0.2, 0) is 6.54 Å². The maximum Gasteiger partial charge on any atom is 0.258 e. The van der Waals surface area contributed by atoms with Crippen LogP contribution in [0.25, 0.3) is 33.4 Å². The molecule has 0 atom stereocenters. The van der Waals surface area contributed by atoms with Crippen molar-refractivity contribution in [3.63, 3.8) is 0 Å². The molecule has 5 aromatic rings. The number of nitrogens with one attached hydrogen (secondary N) is 2. The smallest absolute Gasteiger partial charge is 0.258 e. The van der Waals surface area contributed by atoms with Gasteiger partial charge >= 0.3 is 0 Å². The fourth-order valence-corrected chi connectivity index (χ4v) is 3.70. The normalized spacial score (nSPS) is 11.0. The van der Waals surface area contributed by atoms with E-state index in [-0.39, 0.29) is 5.91 Å². The van der Waals surface area contributed by atoms with E-state index in [1.807, 2.05) is 43.3 Å². The molecule has 0 fully saturated rings. The van der Waals surface area contributed by atoms with E-state index in [1.54, 1.807) is 36.4 Å². The van der Waals surface area contributed by atoms with Crippen LogP contribution in [0.15, 0.2) is 67.4 Å². The van der Waals surface area contributed by atoms with Crippen molar-refractivity contribution in [3.05, 3.63) is 72.9 Å². The van der Waals surface area contributed by atoms with Gasteiger partial charge in [-0.25, -0.2) is 9.97 Å². The van der Waals surface area contributed by atoms with Gasteiger partial charge in [-0.15, -0.1) is 0 Å². The summed E-state index contributed by atoms with van der Waals surface area (Å²) in [6.45, 7) is 2.64. The van der Waals surface area contributed by atoms with Gasteiger partial charge in [0.2, 0.25) is 0 Å². The lowest BCUT2D eigenvalue weighted by Crippen LogP contribution is -2.12. The minimum absolute atomic E-state index is 0.279. The summed E-state index contributed by atoms with van der Waals surface area (Å²) in [6.07, 6.45) is 6.50. The first-order valence-electron chi connectivity index (χ1n) is 10.4. The Morgan fingerprint density at radius 2 is 2.00 bits per heavy atom. The molecule has 3 aromatic heterocycles. The summed E-state index contributed by atoms with van der Waals surface area (Å²) < 4.78 is 7.22. The molecule has 0 spiro atoms.